The topological polar surface area (TPSA) is 70.1 Å². The molecule has 5 aromatic rings. The van der Waals surface area contributed by atoms with Gasteiger partial charge < -0.3 is 9.55 Å². The Hall–Kier alpha value is -3.78. The summed E-state index contributed by atoms with van der Waals surface area (Å²) in [5.41, 5.74) is 3.28. The highest BCUT2D eigenvalue weighted by atomic mass is 19.1. The van der Waals surface area contributed by atoms with Crippen molar-refractivity contribution in [3.05, 3.63) is 59.2 Å². The van der Waals surface area contributed by atoms with Gasteiger partial charge in [-0.15, -0.1) is 0 Å². The van der Waals surface area contributed by atoms with Crippen molar-refractivity contribution in [1.82, 2.24) is 19.8 Å². The van der Waals surface area contributed by atoms with Crippen molar-refractivity contribution in [2.75, 3.05) is 6.54 Å². The van der Waals surface area contributed by atoms with E-state index >= 15 is 0 Å². The number of hydrogen-bond donors (Lipinski definition) is 2. The number of carbonyl (C=O) groups excluding carboxylic acids is 2. The van der Waals surface area contributed by atoms with Crippen LogP contribution in [0.15, 0.2) is 36.4 Å². The molecule has 3 aromatic carbocycles. The van der Waals surface area contributed by atoms with Crippen molar-refractivity contribution in [2.24, 2.45) is 0 Å². The van der Waals surface area contributed by atoms with Gasteiger partial charge in [0.05, 0.1) is 22.2 Å². The standard InChI is InChI=1S/C29H26F2N4O2/c1-14-4-3-5-15(2)34(14)10-11-35-21-9-7-17(31)13-19(21)23-25-24(28(36)33-29(25)37)22-18-12-16(30)6-8-20(18)32-26(22)27(23)35/h6-9,12-15,32H,3-5,10-11H2,1-2H3,(H,33,36,37)/t14-,15+. The van der Waals surface area contributed by atoms with Crippen molar-refractivity contribution >= 4 is 55.4 Å². The first-order chi connectivity index (χ1) is 17.8. The molecule has 37 heavy (non-hydrogen) atoms. The van der Waals surface area contributed by atoms with Gasteiger partial charge in [-0.25, -0.2) is 8.78 Å². The third-order valence-electron chi connectivity index (χ3n) is 8.41. The zero-order valence-corrected chi connectivity index (χ0v) is 20.6. The molecule has 6 nitrogen and oxygen atoms in total. The summed E-state index contributed by atoms with van der Waals surface area (Å²) in [6.45, 7) is 5.92. The second kappa shape index (κ2) is 7.86. The van der Waals surface area contributed by atoms with E-state index in [1.807, 2.05) is 0 Å². The Labute approximate surface area is 211 Å². The van der Waals surface area contributed by atoms with E-state index in [9.17, 15) is 18.4 Å². The number of carbonyl (C=O) groups is 2. The number of benzene rings is 3. The van der Waals surface area contributed by atoms with Crippen LogP contribution >= 0.6 is 0 Å². The maximum atomic E-state index is 14.6. The van der Waals surface area contributed by atoms with E-state index in [0.29, 0.717) is 51.2 Å². The Morgan fingerprint density at radius 1 is 0.865 bits per heavy atom. The highest BCUT2D eigenvalue weighted by molar-refractivity contribution is 6.39. The van der Waals surface area contributed by atoms with Gasteiger partial charge in [0.1, 0.15) is 11.6 Å². The summed E-state index contributed by atoms with van der Waals surface area (Å²) in [6.07, 6.45) is 3.52. The Morgan fingerprint density at radius 3 is 2.24 bits per heavy atom. The second-order valence-electron chi connectivity index (χ2n) is 10.5. The van der Waals surface area contributed by atoms with Crippen molar-refractivity contribution in [2.45, 2.75) is 51.7 Å². The summed E-state index contributed by atoms with van der Waals surface area (Å²) in [5.74, 6) is -1.88. The number of aromatic amines is 1. The number of nitrogens with one attached hydrogen (secondary N) is 2. The maximum Gasteiger partial charge on any atom is 0.259 e. The quantitative estimate of drug-likeness (QED) is 0.305. The molecule has 2 aromatic heterocycles. The summed E-state index contributed by atoms with van der Waals surface area (Å²) in [7, 11) is 0. The van der Waals surface area contributed by atoms with Crippen LogP contribution in [0.1, 0.15) is 53.8 Å². The number of H-pyrrole nitrogens is 1. The number of halogens is 2. The molecule has 2 atom stereocenters. The maximum absolute atomic E-state index is 14.6. The number of imide groups is 1. The lowest BCUT2D eigenvalue weighted by Crippen LogP contribution is -2.45. The number of aromatic nitrogens is 2. The fraction of sp³-hybridized carbons (Fsp3) is 0.310. The fourth-order valence-corrected chi connectivity index (χ4v) is 6.74. The lowest BCUT2D eigenvalue weighted by molar-refractivity contribution is 0.0880. The first-order valence-corrected chi connectivity index (χ1v) is 12.8. The molecule has 0 spiro atoms. The molecule has 2 amide bonds. The van der Waals surface area contributed by atoms with Gasteiger partial charge in [0, 0.05) is 57.8 Å². The number of piperidine rings is 1. The minimum absolute atomic E-state index is 0.214. The molecular weight excluding hydrogens is 474 g/mol. The van der Waals surface area contributed by atoms with Crippen molar-refractivity contribution in [3.63, 3.8) is 0 Å². The summed E-state index contributed by atoms with van der Waals surface area (Å²) >= 11 is 0. The van der Waals surface area contributed by atoms with E-state index in [4.69, 9.17) is 0 Å². The zero-order chi connectivity index (χ0) is 25.6. The Morgan fingerprint density at radius 2 is 1.51 bits per heavy atom. The van der Waals surface area contributed by atoms with Crippen LogP contribution in [0, 0.1) is 11.6 Å². The normalized spacial score (nSPS) is 20.5. The minimum atomic E-state index is -0.523. The van der Waals surface area contributed by atoms with Crippen molar-refractivity contribution in [1.29, 1.82) is 0 Å². The number of fused-ring (bicyclic) bond motifs is 10. The molecule has 0 radical (unpaired) electrons. The molecule has 2 aliphatic rings. The van der Waals surface area contributed by atoms with Gasteiger partial charge >= 0.3 is 0 Å². The van der Waals surface area contributed by atoms with E-state index in [-0.39, 0.29) is 11.1 Å². The molecule has 0 saturated carbocycles. The molecule has 1 fully saturated rings. The van der Waals surface area contributed by atoms with Gasteiger partial charge in [0.15, 0.2) is 0 Å². The number of amides is 2. The predicted molar refractivity (Wildman–Crippen MR) is 140 cm³/mol. The van der Waals surface area contributed by atoms with E-state index < -0.39 is 23.4 Å². The zero-order valence-electron chi connectivity index (χ0n) is 20.6. The summed E-state index contributed by atoms with van der Waals surface area (Å²) in [4.78, 5) is 32.1. The summed E-state index contributed by atoms with van der Waals surface area (Å²) in [5, 5.41) is 4.62. The average Bonchev–Trinajstić information content (AvgIpc) is 3.47. The van der Waals surface area contributed by atoms with Crippen LogP contribution in [0.25, 0.3) is 43.6 Å². The van der Waals surface area contributed by atoms with E-state index in [1.165, 1.54) is 30.7 Å². The molecule has 0 unspecified atom stereocenters. The van der Waals surface area contributed by atoms with Gasteiger partial charge in [-0.05, 0) is 63.1 Å². The minimum Gasteiger partial charge on any atom is -0.353 e. The van der Waals surface area contributed by atoms with Gasteiger partial charge in [0.2, 0.25) is 0 Å². The molecule has 8 heteroatoms. The van der Waals surface area contributed by atoms with Crippen molar-refractivity contribution < 1.29 is 18.4 Å². The fourth-order valence-electron chi connectivity index (χ4n) is 6.74. The summed E-state index contributed by atoms with van der Waals surface area (Å²) in [6, 6.07) is 9.91. The van der Waals surface area contributed by atoms with Crippen LogP contribution in [0.2, 0.25) is 0 Å². The van der Waals surface area contributed by atoms with Crippen LogP contribution in [0.5, 0.6) is 0 Å². The van der Waals surface area contributed by atoms with Crippen LogP contribution in [-0.4, -0.2) is 44.9 Å². The third kappa shape index (κ3) is 3.11. The monoisotopic (exact) mass is 500 g/mol. The Kier molecular flexibility index (Phi) is 4.76. The van der Waals surface area contributed by atoms with E-state index in [0.717, 1.165) is 30.4 Å². The molecule has 1 saturated heterocycles. The number of nitrogens with zero attached hydrogens (tertiary/aromatic N) is 2. The number of likely N-dealkylation sites (tertiary alicyclic amines) is 1. The molecule has 2 N–H and O–H groups in total. The highest BCUT2D eigenvalue weighted by Crippen LogP contribution is 2.43. The Balaban J connectivity index is 1.59. The van der Waals surface area contributed by atoms with Crippen LogP contribution in [0.4, 0.5) is 8.78 Å². The molecule has 188 valence electrons. The van der Waals surface area contributed by atoms with Crippen LogP contribution < -0.4 is 5.32 Å². The molecule has 0 bridgehead atoms. The first kappa shape index (κ1) is 22.4. The SMILES string of the molecule is C[C@@H]1CCC[C@H](C)N1CCn1c2ccc(F)cc2c2c3c(c4c5cc(F)ccc5[nH]c4c21)C(=O)NC3=O. The average molecular weight is 501 g/mol. The van der Waals surface area contributed by atoms with Gasteiger partial charge in [-0.2, -0.15) is 0 Å². The van der Waals surface area contributed by atoms with Gasteiger partial charge in [-0.3, -0.25) is 19.8 Å². The lowest BCUT2D eigenvalue weighted by Gasteiger charge is -2.39. The Bertz CT molecular complexity index is 1790. The van der Waals surface area contributed by atoms with Crippen molar-refractivity contribution in [3.8, 4) is 0 Å². The summed E-state index contributed by atoms with van der Waals surface area (Å²) < 4.78 is 31.0. The molecule has 4 heterocycles. The largest absolute Gasteiger partial charge is 0.353 e. The molecule has 7 rings (SSSR count). The molecule has 2 aliphatic heterocycles. The van der Waals surface area contributed by atoms with E-state index in [2.05, 4.69) is 33.6 Å². The number of hydrogen-bond acceptors (Lipinski definition) is 3. The van der Waals surface area contributed by atoms with Crippen LogP contribution in [0.3, 0.4) is 0 Å². The number of rotatable bonds is 3. The highest BCUT2D eigenvalue weighted by Gasteiger charge is 2.36. The van der Waals surface area contributed by atoms with E-state index in [1.54, 1.807) is 12.1 Å². The predicted octanol–water partition coefficient (Wildman–Crippen LogP) is 5.85. The molecule has 0 aliphatic carbocycles. The second-order valence-corrected chi connectivity index (χ2v) is 10.5. The lowest BCUT2D eigenvalue weighted by atomic mass is 9.96. The van der Waals surface area contributed by atoms with Gasteiger partial charge in [0.25, 0.3) is 11.8 Å². The molecular formula is C29H26F2N4O2. The third-order valence-corrected chi connectivity index (χ3v) is 8.41. The van der Waals surface area contributed by atoms with Crippen LogP contribution in [-0.2, 0) is 6.54 Å². The van der Waals surface area contributed by atoms with Gasteiger partial charge in [-0.1, -0.05) is 6.42 Å². The first-order valence-electron chi connectivity index (χ1n) is 12.8. The smallest absolute Gasteiger partial charge is 0.259 e.